The SMILES string of the molecule is CCNC(C)(COc1ccccc1[N+](=O)[O-])C(=O)O. The third kappa shape index (κ3) is 3.65. The third-order valence-corrected chi connectivity index (χ3v) is 2.62. The zero-order valence-electron chi connectivity index (χ0n) is 10.8. The Balaban J connectivity index is 2.86. The molecule has 0 heterocycles. The molecule has 19 heavy (non-hydrogen) atoms. The summed E-state index contributed by atoms with van der Waals surface area (Å²) in [5.41, 5.74) is -1.48. The van der Waals surface area contributed by atoms with Crippen molar-refractivity contribution in [2.45, 2.75) is 19.4 Å². The Hall–Kier alpha value is -2.15. The van der Waals surface area contributed by atoms with Crippen molar-refractivity contribution in [2.75, 3.05) is 13.2 Å². The number of para-hydroxylation sites is 2. The molecule has 0 aliphatic heterocycles. The van der Waals surface area contributed by atoms with Gasteiger partial charge in [0.1, 0.15) is 12.1 Å². The minimum Gasteiger partial charge on any atom is -0.484 e. The Bertz CT molecular complexity index is 477. The van der Waals surface area contributed by atoms with Gasteiger partial charge in [-0.3, -0.25) is 20.2 Å². The summed E-state index contributed by atoms with van der Waals surface area (Å²) in [6.45, 7) is 3.48. The molecule has 1 aromatic rings. The van der Waals surface area contributed by atoms with E-state index in [-0.39, 0.29) is 18.0 Å². The van der Waals surface area contributed by atoms with Crippen LogP contribution in [0.2, 0.25) is 0 Å². The molecule has 0 saturated carbocycles. The molecule has 7 heteroatoms. The van der Waals surface area contributed by atoms with E-state index in [1.54, 1.807) is 13.0 Å². The lowest BCUT2D eigenvalue weighted by Crippen LogP contribution is -2.53. The van der Waals surface area contributed by atoms with Crippen LogP contribution in [0, 0.1) is 10.1 Å². The largest absolute Gasteiger partial charge is 0.484 e. The van der Waals surface area contributed by atoms with E-state index in [4.69, 9.17) is 9.84 Å². The van der Waals surface area contributed by atoms with Crippen molar-refractivity contribution in [1.82, 2.24) is 5.32 Å². The van der Waals surface area contributed by atoms with Crippen molar-refractivity contribution in [3.8, 4) is 5.75 Å². The van der Waals surface area contributed by atoms with Crippen molar-refractivity contribution < 1.29 is 19.6 Å². The molecule has 0 radical (unpaired) electrons. The van der Waals surface area contributed by atoms with Gasteiger partial charge in [-0.25, -0.2) is 0 Å². The number of nitro groups is 1. The molecular formula is C12H16N2O5. The number of aliphatic carboxylic acids is 1. The van der Waals surface area contributed by atoms with Crippen molar-refractivity contribution in [2.24, 2.45) is 0 Å². The minimum absolute atomic E-state index is 0.0536. The second-order valence-electron chi connectivity index (χ2n) is 4.18. The fraction of sp³-hybridized carbons (Fsp3) is 0.417. The zero-order valence-corrected chi connectivity index (χ0v) is 10.8. The predicted octanol–water partition coefficient (Wildman–Crippen LogP) is 1.43. The Morgan fingerprint density at radius 2 is 2.16 bits per heavy atom. The standard InChI is InChI=1S/C12H16N2O5/c1-3-13-12(2,11(15)16)8-19-10-7-5-4-6-9(10)14(17)18/h4-7,13H,3,8H2,1-2H3,(H,15,16). The number of carboxylic acid groups (broad SMARTS) is 1. The van der Waals surface area contributed by atoms with Gasteiger partial charge in [0.05, 0.1) is 4.92 Å². The van der Waals surface area contributed by atoms with Gasteiger partial charge in [-0.05, 0) is 19.5 Å². The average molecular weight is 268 g/mol. The van der Waals surface area contributed by atoms with Crippen LogP contribution in [0.1, 0.15) is 13.8 Å². The Morgan fingerprint density at radius 3 is 2.68 bits per heavy atom. The van der Waals surface area contributed by atoms with Crippen LogP contribution in [0.15, 0.2) is 24.3 Å². The fourth-order valence-electron chi connectivity index (χ4n) is 1.53. The molecule has 0 aromatic heterocycles. The number of nitrogens with one attached hydrogen (secondary N) is 1. The second kappa shape index (κ2) is 6.14. The lowest BCUT2D eigenvalue weighted by molar-refractivity contribution is -0.385. The number of likely N-dealkylation sites (N-methyl/N-ethyl adjacent to an activating group) is 1. The molecule has 1 unspecified atom stereocenters. The Labute approximate surface area is 110 Å². The molecule has 104 valence electrons. The highest BCUT2D eigenvalue weighted by atomic mass is 16.6. The normalized spacial score (nSPS) is 13.6. The number of carbonyl (C=O) groups is 1. The molecule has 0 bridgehead atoms. The summed E-state index contributed by atoms with van der Waals surface area (Å²) in [5, 5.41) is 22.7. The molecule has 0 spiro atoms. The number of nitrogens with zero attached hydrogens (tertiary/aromatic N) is 1. The van der Waals surface area contributed by atoms with Gasteiger partial charge in [0.25, 0.3) is 0 Å². The fourth-order valence-corrected chi connectivity index (χ4v) is 1.53. The summed E-state index contributed by atoms with van der Waals surface area (Å²) in [4.78, 5) is 21.4. The molecule has 0 aliphatic rings. The summed E-state index contributed by atoms with van der Waals surface area (Å²) >= 11 is 0. The number of nitro benzene ring substituents is 1. The topological polar surface area (TPSA) is 102 Å². The molecule has 0 aliphatic carbocycles. The van der Waals surface area contributed by atoms with Crippen LogP contribution in [0.3, 0.4) is 0 Å². The molecule has 1 rings (SSSR count). The first-order chi connectivity index (χ1) is 8.90. The Morgan fingerprint density at radius 1 is 1.53 bits per heavy atom. The number of hydrogen-bond donors (Lipinski definition) is 2. The van der Waals surface area contributed by atoms with E-state index in [2.05, 4.69) is 5.32 Å². The number of hydrogen-bond acceptors (Lipinski definition) is 5. The molecule has 0 amide bonds. The van der Waals surface area contributed by atoms with E-state index in [1.165, 1.54) is 25.1 Å². The quantitative estimate of drug-likeness (QED) is 0.573. The predicted molar refractivity (Wildman–Crippen MR) is 68.3 cm³/mol. The van der Waals surface area contributed by atoms with Crippen molar-refractivity contribution in [3.05, 3.63) is 34.4 Å². The first-order valence-corrected chi connectivity index (χ1v) is 5.75. The van der Waals surface area contributed by atoms with E-state index in [0.717, 1.165) is 0 Å². The summed E-state index contributed by atoms with van der Waals surface area (Å²) in [6, 6.07) is 5.85. The van der Waals surface area contributed by atoms with E-state index in [0.29, 0.717) is 6.54 Å². The molecule has 1 atom stereocenters. The number of ether oxygens (including phenoxy) is 1. The number of rotatable bonds is 7. The van der Waals surface area contributed by atoms with Gasteiger partial charge in [0.15, 0.2) is 5.75 Å². The molecule has 1 aromatic carbocycles. The van der Waals surface area contributed by atoms with E-state index < -0.39 is 16.4 Å². The van der Waals surface area contributed by atoms with Crippen LogP contribution in [-0.4, -0.2) is 34.7 Å². The van der Waals surface area contributed by atoms with Gasteiger partial charge in [-0.15, -0.1) is 0 Å². The zero-order chi connectivity index (χ0) is 14.5. The van der Waals surface area contributed by atoms with Crippen LogP contribution < -0.4 is 10.1 Å². The first-order valence-electron chi connectivity index (χ1n) is 5.75. The third-order valence-electron chi connectivity index (χ3n) is 2.62. The summed E-state index contributed by atoms with van der Waals surface area (Å²) in [6.07, 6.45) is 0. The van der Waals surface area contributed by atoms with Gasteiger partial charge in [-0.2, -0.15) is 0 Å². The Kier molecular flexibility index (Phi) is 4.82. The maximum Gasteiger partial charge on any atom is 0.327 e. The van der Waals surface area contributed by atoms with E-state index in [9.17, 15) is 14.9 Å². The van der Waals surface area contributed by atoms with Gasteiger partial charge in [0, 0.05) is 6.07 Å². The average Bonchev–Trinajstić information content (AvgIpc) is 2.36. The smallest absolute Gasteiger partial charge is 0.327 e. The van der Waals surface area contributed by atoms with Crippen molar-refractivity contribution >= 4 is 11.7 Å². The first kappa shape index (κ1) is 14.9. The monoisotopic (exact) mass is 268 g/mol. The van der Waals surface area contributed by atoms with Crippen molar-refractivity contribution in [3.63, 3.8) is 0 Å². The highest BCUT2D eigenvalue weighted by molar-refractivity contribution is 5.78. The van der Waals surface area contributed by atoms with Crippen LogP contribution in [-0.2, 0) is 4.79 Å². The molecule has 2 N–H and O–H groups in total. The second-order valence-corrected chi connectivity index (χ2v) is 4.18. The van der Waals surface area contributed by atoms with Gasteiger partial charge < -0.3 is 9.84 Å². The van der Waals surface area contributed by atoms with Crippen LogP contribution in [0.4, 0.5) is 5.69 Å². The number of benzene rings is 1. The maximum absolute atomic E-state index is 11.2. The highest BCUT2D eigenvalue weighted by Gasteiger charge is 2.33. The minimum atomic E-state index is -1.29. The number of carboxylic acids is 1. The molecule has 0 saturated heterocycles. The maximum atomic E-state index is 11.2. The van der Waals surface area contributed by atoms with Gasteiger partial charge in [-0.1, -0.05) is 19.1 Å². The summed E-state index contributed by atoms with van der Waals surface area (Å²) in [7, 11) is 0. The molecular weight excluding hydrogens is 252 g/mol. The van der Waals surface area contributed by atoms with Crippen LogP contribution >= 0.6 is 0 Å². The molecule has 7 nitrogen and oxygen atoms in total. The summed E-state index contributed by atoms with van der Waals surface area (Å²) in [5.74, 6) is -1.02. The van der Waals surface area contributed by atoms with Crippen molar-refractivity contribution in [1.29, 1.82) is 0 Å². The molecule has 0 fully saturated rings. The van der Waals surface area contributed by atoms with Gasteiger partial charge >= 0.3 is 11.7 Å². The summed E-state index contributed by atoms with van der Waals surface area (Å²) < 4.78 is 5.29. The van der Waals surface area contributed by atoms with E-state index in [1.807, 2.05) is 0 Å². The van der Waals surface area contributed by atoms with Crippen LogP contribution in [0.5, 0.6) is 5.75 Å². The van der Waals surface area contributed by atoms with Gasteiger partial charge in [0.2, 0.25) is 0 Å². The van der Waals surface area contributed by atoms with Crippen LogP contribution in [0.25, 0.3) is 0 Å². The lowest BCUT2D eigenvalue weighted by Gasteiger charge is -2.25. The highest BCUT2D eigenvalue weighted by Crippen LogP contribution is 2.26. The lowest BCUT2D eigenvalue weighted by atomic mass is 10.0. The van der Waals surface area contributed by atoms with E-state index >= 15 is 0 Å².